The zero-order valence-corrected chi connectivity index (χ0v) is 13.7. The maximum atomic E-state index is 11.7. The molecule has 0 radical (unpaired) electrons. The molecule has 0 bridgehead atoms. The molecule has 1 aliphatic heterocycles. The number of hydrogen-bond acceptors (Lipinski definition) is 5. The lowest BCUT2D eigenvalue weighted by atomic mass is 10.1. The first-order valence-electron chi connectivity index (χ1n) is 7.42. The van der Waals surface area contributed by atoms with Gasteiger partial charge < -0.3 is 5.32 Å². The molecular formula is C14H24N4O2S. The number of aryl methyl sites for hydroxylation is 1. The third-order valence-electron chi connectivity index (χ3n) is 3.64. The van der Waals surface area contributed by atoms with Crippen molar-refractivity contribution in [2.75, 3.05) is 18.1 Å². The average molecular weight is 312 g/mol. The van der Waals surface area contributed by atoms with Crippen molar-refractivity contribution in [2.24, 2.45) is 0 Å². The van der Waals surface area contributed by atoms with Crippen molar-refractivity contribution < 1.29 is 8.42 Å². The Kier molecular flexibility index (Phi) is 5.16. The van der Waals surface area contributed by atoms with Crippen molar-refractivity contribution in [3.63, 3.8) is 0 Å². The third-order valence-corrected chi connectivity index (χ3v) is 4.97. The van der Waals surface area contributed by atoms with Gasteiger partial charge in [0.05, 0.1) is 11.9 Å². The summed E-state index contributed by atoms with van der Waals surface area (Å²) in [6.07, 6.45) is 4.73. The second kappa shape index (κ2) is 6.70. The second-order valence-corrected chi connectivity index (χ2v) is 7.85. The molecular weight excluding hydrogens is 288 g/mol. The van der Waals surface area contributed by atoms with Crippen LogP contribution in [0.3, 0.4) is 0 Å². The van der Waals surface area contributed by atoms with E-state index in [9.17, 15) is 8.42 Å². The maximum absolute atomic E-state index is 11.7. The molecule has 1 fully saturated rings. The highest BCUT2D eigenvalue weighted by molar-refractivity contribution is 7.88. The average Bonchev–Trinajstić information content (AvgIpc) is 2.85. The number of rotatable bonds is 6. The van der Waals surface area contributed by atoms with Crippen LogP contribution in [0.1, 0.15) is 38.8 Å². The summed E-state index contributed by atoms with van der Waals surface area (Å²) in [5.41, 5.74) is 0.907. The van der Waals surface area contributed by atoms with Gasteiger partial charge in [0.2, 0.25) is 10.0 Å². The van der Waals surface area contributed by atoms with Crippen LogP contribution in [0.5, 0.6) is 0 Å². The zero-order valence-electron chi connectivity index (χ0n) is 12.9. The van der Waals surface area contributed by atoms with E-state index in [1.54, 1.807) is 4.31 Å². The van der Waals surface area contributed by atoms with Gasteiger partial charge in [0.25, 0.3) is 0 Å². The van der Waals surface area contributed by atoms with E-state index in [2.05, 4.69) is 29.4 Å². The fourth-order valence-corrected chi connectivity index (χ4v) is 3.93. The first kappa shape index (κ1) is 16.2. The topological polar surface area (TPSA) is 75.2 Å². The Hall–Kier alpha value is -1.21. The Morgan fingerprint density at radius 3 is 2.71 bits per heavy atom. The summed E-state index contributed by atoms with van der Waals surface area (Å²) in [5, 5.41) is 11.5. The highest BCUT2D eigenvalue weighted by Crippen LogP contribution is 2.24. The number of aromatic nitrogens is 2. The third kappa shape index (κ3) is 4.64. The first-order valence-corrected chi connectivity index (χ1v) is 9.27. The molecule has 118 valence electrons. The molecule has 0 spiro atoms. The van der Waals surface area contributed by atoms with Gasteiger partial charge in [-0.3, -0.25) is 0 Å². The molecule has 7 heteroatoms. The number of hydrogen-bond donors (Lipinski definition) is 1. The van der Waals surface area contributed by atoms with Crippen molar-refractivity contribution in [1.29, 1.82) is 0 Å². The van der Waals surface area contributed by atoms with Crippen LogP contribution in [0.15, 0.2) is 12.1 Å². The smallest absolute Gasteiger partial charge is 0.211 e. The molecule has 0 amide bonds. The first-order chi connectivity index (χ1) is 9.86. The van der Waals surface area contributed by atoms with Gasteiger partial charge in [-0.15, -0.1) is 5.10 Å². The Balaban J connectivity index is 1.91. The molecule has 1 N–H and O–H groups in total. The summed E-state index contributed by atoms with van der Waals surface area (Å²) < 4.78 is 25.0. The number of anilines is 1. The summed E-state index contributed by atoms with van der Waals surface area (Å²) in [4.78, 5) is 0. The fraction of sp³-hybridized carbons (Fsp3) is 0.714. The van der Waals surface area contributed by atoms with E-state index in [4.69, 9.17) is 0 Å². The predicted molar refractivity (Wildman–Crippen MR) is 83.7 cm³/mol. The van der Waals surface area contributed by atoms with Gasteiger partial charge >= 0.3 is 0 Å². The zero-order chi connectivity index (χ0) is 15.5. The van der Waals surface area contributed by atoms with Crippen molar-refractivity contribution >= 4 is 15.8 Å². The minimum Gasteiger partial charge on any atom is -0.366 e. The molecule has 0 aromatic carbocycles. The van der Waals surface area contributed by atoms with Crippen LogP contribution in [-0.4, -0.2) is 47.8 Å². The molecule has 1 atom stereocenters. The van der Waals surface area contributed by atoms with Crippen molar-refractivity contribution in [1.82, 2.24) is 14.5 Å². The van der Waals surface area contributed by atoms with E-state index in [1.165, 1.54) is 6.26 Å². The quantitative estimate of drug-likeness (QED) is 0.864. The molecule has 0 saturated carbocycles. The van der Waals surface area contributed by atoms with Crippen molar-refractivity contribution in [2.45, 2.75) is 51.6 Å². The van der Waals surface area contributed by atoms with Crippen molar-refractivity contribution in [3.05, 3.63) is 17.8 Å². The van der Waals surface area contributed by atoms with Crippen molar-refractivity contribution in [3.8, 4) is 0 Å². The molecule has 1 saturated heterocycles. The van der Waals surface area contributed by atoms with Gasteiger partial charge in [-0.25, -0.2) is 8.42 Å². The molecule has 21 heavy (non-hydrogen) atoms. The SMILES string of the molecule is CC(C)Nc1ccc(CC[C@@H]2CCCN2S(C)(=O)=O)nn1. The van der Waals surface area contributed by atoms with E-state index < -0.39 is 10.0 Å². The number of sulfonamides is 1. The van der Waals surface area contributed by atoms with Crippen LogP contribution in [-0.2, 0) is 16.4 Å². The molecule has 6 nitrogen and oxygen atoms in total. The predicted octanol–water partition coefficient (Wildman–Crippen LogP) is 1.65. The van der Waals surface area contributed by atoms with Crippen LogP contribution >= 0.6 is 0 Å². The summed E-state index contributed by atoms with van der Waals surface area (Å²) in [6.45, 7) is 4.75. The van der Waals surface area contributed by atoms with E-state index in [0.29, 0.717) is 12.6 Å². The van der Waals surface area contributed by atoms with Gasteiger partial charge in [0.15, 0.2) is 0 Å². The highest BCUT2D eigenvalue weighted by Gasteiger charge is 2.30. The lowest BCUT2D eigenvalue weighted by Crippen LogP contribution is -2.34. The van der Waals surface area contributed by atoms with Gasteiger partial charge in [-0.2, -0.15) is 9.40 Å². The Morgan fingerprint density at radius 2 is 2.14 bits per heavy atom. The van der Waals surface area contributed by atoms with E-state index in [-0.39, 0.29) is 6.04 Å². The lowest BCUT2D eigenvalue weighted by molar-refractivity contribution is 0.372. The molecule has 2 heterocycles. The number of nitrogens with one attached hydrogen (secondary N) is 1. The normalized spacial score (nSPS) is 20.1. The van der Waals surface area contributed by atoms with Gasteiger partial charge in [-0.05, 0) is 51.7 Å². The van der Waals surface area contributed by atoms with Crippen LogP contribution in [0.2, 0.25) is 0 Å². The summed E-state index contributed by atoms with van der Waals surface area (Å²) in [6, 6.07) is 4.31. The Morgan fingerprint density at radius 1 is 1.38 bits per heavy atom. The van der Waals surface area contributed by atoms with Gasteiger partial charge in [0, 0.05) is 18.6 Å². The number of nitrogens with zero attached hydrogens (tertiary/aromatic N) is 3. The van der Waals surface area contributed by atoms with Crippen LogP contribution in [0.25, 0.3) is 0 Å². The standard InChI is InChI=1S/C14H24N4O2S/c1-11(2)15-14-9-7-12(16-17-14)6-8-13-5-4-10-18(13)21(3,19)20/h7,9,11,13H,4-6,8,10H2,1-3H3,(H,15,17)/t13-/m0/s1. The Bertz CT molecular complexity index is 557. The largest absolute Gasteiger partial charge is 0.366 e. The summed E-state index contributed by atoms with van der Waals surface area (Å²) in [5.74, 6) is 0.771. The van der Waals surface area contributed by atoms with E-state index >= 15 is 0 Å². The van der Waals surface area contributed by atoms with E-state index in [0.717, 1.165) is 37.2 Å². The summed E-state index contributed by atoms with van der Waals surface area (Å²) in [7, 11) is -3.09. The minimum atomic E-state index is -3.09. The van der Waals surface area contributed by atoms with Crippen LogP contribution in [0.4, 0.5) is 5.82 Å². The molecule has 1 aromatic rings. The highest BCUT2D eigenvalue weighted by atomic mass is 32.2. The molecule has 1 aromatic heterocycles. The monoisotopic (exact) mass is 312 g/mol. The summed E-state index contributed by atoms with van der Waals surface area (Å²) >= 11 is 0. The maximum Gasteiger partial charge on any atom is 0.211 e. The minimum absolute atomic E-state index is 0.107. The molecule has 0 aliphatic carbocycles. The second-order valence-electron chi connectivity index (χ2n) is 5.92. The van der Waals surface area contributed by atoms with Crippen LogP contribution in [0, 0.1) is 0 Å². The van der Waals surface area contributed by atoms with Gasteiger partial charge in [-0.1, -0.05) is 0 Å². The fourth-order valence-electron chi connectivity index (χ4n) is 2.71. The molecule has 2 rings (SSSR count). The molecule has 0 unspecified atom stereocenters. The lowest BCUT2D eigenvalue weighted by Gasteiger charge is -2.21. The molecule has 1 aliphatic rings. The Labute approximate surface area is 127 Å². The van der Waals surface area contributed by atoms with Crippen LogP contribution < -0.4 is 5.32 Å². The van der Waals surface area contributed by atoms with Gasteiger partial charge in [0.1, 0.15) is 5.82 Å². The van der Waals surface area contributed by atoms with E-state index in [1.807, 2.05) is 12.1 Å².